The fraction of sp³-hybridized carbons (Fsp3) is 0.167. The van der Waals surface area contributed by atoms with Crippen molar-refractivity contribution in [3.05, 3.63) is 70.7 Å². The predicted octanol–water partition coefficient (Wildman–Crippen LogP) is 5.25. The Balaban J connectivity index is 1.49. The van der Waals surface area contributed by atoms with Crippen molar-refractivity contribution in [3.63, 3.8) is 0 Å². The van der Waals surface area contributed by atoms with Gasteiger partial charge in [-0.2, -0.15) is 0 Å². The molecule has 3 aromatic rings. The number of nitrogens with zero attached hydrogens (tertiary/aromatic N) is 1. The molecule has 4 rings (SSSR count). The van der Waals surface area contributed by atoms with Gasteiger partial charge < -0.3 is 14.8 Å². The van der Waals surface area contributed by atoms with E-state index in [-0.39, 0.29) is 5.54 Å². The summed E-state index contributed by atoms with van der Waals surface area (Å²) >= 11 is 9.57. The first-order valence-corrected chi connectivity index (χ1v) is 9.86. The third kappa shape index (κ3) is 3.62. The van der Waals surface area contributed by atoms with E-state index >= 15 is 0 Å². The number of anilines is 2. The molecule has 1 aliphatic rings. The monoisotopic (exact) mass is 389 g/mol. The molecule has 128 valence electrons. The zero-order valence-electron chi connectivity index (χ0n) is 13.2. The highest BCUT2D eigenvalue weighted by atomic mass is 35.5. The first-order chi connectivity index (χ1) is 12.3. The fourth-order valence-corrected chi connectivity index (χ4v) is 4.22. The van der Waals surface area contributed by atoms with Gasteiger partial charge in [0.15, 0.2) is 5.13 Å². The van der Waals surface area contributed by atoms with Crippen molar-refractivity contribution in [2.24, 2.45) is 0 Å². The van der Waals surface area contributed by atoms with Gasteiger partial charge in [-0.15, -0.1) is 11.3 Å². The molecule has 1 fully saturated rings. The molecule has 1 aliphatic heterocycles. The standard InChI is InChI=1S/C18H16ClN3OS2/c19-15-10-14(25-22-17-20-8-9-24-17)6-7-16(15)21-18(11-23-12-18)13-4-2-1-3-5-13/h1-10,21H,11-12H2,(H,20,22). The number of ether oxygens (including phenoxy) is 1. The van der Waals surface area contributed by atoms with Crippen molar-refractivity contribution in [1.29, 1.82) is 0 Å². The second-order valence-corrected chi connectivity index (χ2v) is 7.93. The minimum absolute atomic E-state index is 0.210. The van der Waals surface area contributed by atoms with Crippen molar-refractivity contribution in [2.75, 3.05) is 23.3 Å². The molecule has 0 saturated carbocycles. The fourth-order valence-electron chi connectivity index (χ4n) is 2.67. The molecule has 2 N–H and O–H groups in total. The SMILES string of the molecule is Clc1cc(SNc2nccs2)ccc1NC1(c2ccccc2)COC1. The van der Waals surface area contributed by atoms with Gasteiger partial charge in [0.05, 0.1) is 23.9 Å². The second-order valence-electron chi connectivity index (χ2n) is 5.75. The minimum Gasteiger partial charge on any atom is -0.376 e. The molecule has 2 heterocycles. The average molecular weight is 390 g/mol. The molecule has 7 heteroatoms. The van der Waals surface area contributed by atoms with Crippen LogP contribution in [0.5, 0.6) is 0 Å². The topological polar surface area (TPSA) is 46.2 Å². The molecule has 1 saturated heterocycles. The number of hydrogen-bond acceptors (Lipinski definition) is 6. The van der Waals surface area contributed by atoms with Gasteiger partial charge in [0.1, 0.15) is 5.54 Å². The van der Waals surface area contributed by atoms with E-state index in [4.69, 9.17) is 16.3 Å². The summed E-state index contributed by atoms with van der Waals surface area (Å²) in [7, 11) is 0. The molecule has 4 nitrogen and oxygen atoms in total. The number of aromatic nitrogens is 1. The molecular formula is C18H16ClN3OS2. The molecule has 0 amide bonds. The van der Waals surface area contributed by atoms with Gasteiger partial charge >= 0.3 is 0 Å². The Bertz CT molecular complexity index is 839. The Morgan fingerprint density at radius 1 is 1.16 bits per heavy atom. The Kier molecular flexibility index (Phi) is 4.85. The van der Waals surface area contributed by atoms with Gasteiger partial charge in [0, 0.05) is 16.5 Å². The lowest BCUT2D eigenvalue weighted by Crippen LogP contribution is -2.52. The molecule has 0 unspecified atom stereocenters. The van der Waals surface area contributed by atoms with Gasteiger partial charge in [0.2, 0.25) is 0 Å². The van der Waals surface area contributed by atoms with Crippen LogP contribution in [0.15, 0.2) is 65.0 Å². The molecule has 0 radical (unpaired) electrons. The summed E-state index contributed by atoms with van der Waals surface area (Å²) in [6.45, 7) is 1.27. The molecule has 1 aromatic heterocycles. The maximum absolute atomic E-state index is 6.51. The minimum atomic E-state index is -0.210. The van der Waals surface area contributed by atoms with E-state index < -0.39 is 0 Å². The van der Waals surface area contributed by atoms with Crippen molar-refractivity contribution < 1.29 is 4.74 Å². The Hall–Kier alpha value is -1.73. The van der Waals surface area contributed by atoms with Crippen LogP contribution in [0.3, 0.4) is 0 Å². The zero-order chi connectivity index (χ0) is 17.1. The van der Waals surface area contributed by atoms with E-state index in [1.807, 2.05) is 41.8 Å². The highest BCUT2D eigenvalue weighted by Crippen LogP contribution is 2.37. The first kappa shape index (κ1) is 16.7. The summed E-state index contributed by atoms with van der Waals surface area (Å²) in [6.07, 6.45) is 1.78. The van der Waals surface area contributed by atoms with Crippen LogP contribution < -0.4 is 10.0 Å². The maximum atomic E-state index is 6.51. The van der Waals surface area contributed by atoms with Gasteiger partial charge in [-0.1, -0.05) is 41.9 Å². The third-order valence-electron chi connectivity index (χ3n) is 4.03. The van der Waals surface area contributed by atoms with Gasteiger partial charge in [-0.25, -0.2) is 4.98 Å². The molecule has 2 aromatic carbocycles. The Labute approximate surface area is 159 Å². The van der Waals surface area contributed by atoms with Crippen molar-refractivity contribution >= 4 is 45.7 Å². The smallest absolute Gasteiger partial charge is 0.192 e. The van der Waals surface area contributed by atoms with E-state index in [9.17, 15) is 0 Å². The van der Waals surface area contributed by atoms with Crippen LogP contribution in [-0.4, -0.2) is 18.2 Å². The van der Waals surface area contributed by atoms with Crippen LogP contribution in [-0.2, 0) is 10.3 Å². The largest absolute Gasteiger partial charge is 0.376 e. The number of thiazole rings is 1. The first-order valence-electron chi connectivity index (χ1n) is 7.79. The quantitative estimate of drug-likeness (QED) is 0.563. The molecular weight excluding hydrogens is 374 g/mol. The highest BCUT2D eigenvalue weighted by Gasteiger charge is 2.40. The van der Waals surface area contributed by atoms with E-state index in [0.717, 1.165) is 15.7 Å². The van der Waals surface area contributed by atoms with E-state index in [0.29, 0.717) is 18.2 Å². The number of nitrogens with one attached hydrogen (secondary N) is 2. The van der Waals surface area contributed by atoms with Crippen LogP contribution >= 0.6 is 34.9 Å². The van der Waals surface area contributed by atoms with E-state index in [2.05, 4.69) is 27.2 Å². The summed E-state index contributed by atoms with van der Waals surface area (Å²) < 4.78 is 8.69. The van der Waals surface area contributed by atoms with Gasteiger partial charge in [-0.05, 0) is 35.7 Å². The van der Waals surface area contributed by atoms with Crippen LogP contribution in [0.4, 0.5) is 10.8 Å². The molecule has 0 atom stereocenters. The third-order valence-corrected chi connectivity index (χ3v) is 5.94. The lowest BCUT2D eigenvalue weighted by atomic mass is 9.87. The van der Waals surface area contributed by atoms with E-state index in [1.54, 1.807) is 17.5 Å². The molecule has 25 heavy (non-hydrogen) atoms. The normalized spacial score (nSPS) is 15.4. The number of benzene rings is 2. The van der Waals surface area contributed by atoms with Gasteiger partial charge in [0.25, 0.3) is 0 Å². The van der Waals surface area contributed by atoms with Crippen molar-refractivity contribution in [1.82, 2.24) is 4.98 Å². The summed E-state index contributed by atoms with van der Waals surface area (Å²) in [6, 6.07) is 16.3. The predicted molar refractivity (Wildman–Crippen MR) is 106 cm³/mol. The Morgan fingerprint density at radius 2 is 2.00 bits per heavy atom. The molecule has 0 spiro atoms. The van der Waals surface area contributed by atoms with Gasteiger partial charge in [-0.3, -0.25) is 0 Å². The maximum Gasteiger partial charge on any atom is 0.192 e. The second kappa shape index (κ2) is 7.25. The van der Waals surface area contributed by atoms with Crippen molar-refractivity contribution in [2.45, 2.75) is 10.4 Å². The van der Waals surface area contributed by atoms with Crippen LogP contribution in [0.25, 0.3) is 0 Å². The van der Waals surface area contributed by atoms with Crippen LogP contribution in [0.1, 0.15) is 5.56 Å². The summed E-state index contributed by atoms with van der Waals surface area (Å²) in [5.74, 6) is 0. The Morgan fingerprint density at radius 3 is 2.64 bits per heavy atom. The lowest BCUT2D eigenvalue weighted by Gasteiger charge is -2.43. The number of halogens is 1. The number of hydrogen-bond donors (Lipinski definition) is 2. The zero-order valence-corrected chi connectivity index (χ0v) is 15.6. The van der Waals surface area contributed by atoms with Crippen LogP contribution in [0, 0.1) is 0 Å². The number of rotatable bonds is 6. The summed E-state index contributed by atoms with van der Waals surface area (Å²) in [4.78, 5) is 5.23. The molecule has 0 bridgehead atoms. The van der Waals surface area contributed by atoms with E-state index in [1.165, 1.54) is 17.5 Å². The molecule has 0 aliphatic carbocycles. The van der Waals surface area contributed by atoms with Crippen LogP contribution in [0.2, 0.25) is 5.02 Å². The highest BCUT2D eigenvalue weighted by molar-refractivity contribution is 8.00. The lowest BCUT2D eigenvalue weighted by molar-refractivity contribution is -0.0446. The summed E-state index contributed by atoms with van der Waals surface area (Å²) in [5.41, 5.74) is 1.91. The average Bonchev–Trinajstić information content (AvgIpc) is 3.12. The summed E-state index contributed by atoms with van der Waals surface area (Å²) in [5, 5.41) is 7.07. The van der Waals surface area contributed by atoms with Crippen molar-refractivity contribution in [3.8, 4) is 0 Å².